The summed E-state index contributed by atoms with van der Waals surface area (Å²) < 4.78 is 5.84. The number of fused-ring (bicyclic) bond motifs is 1. The van der Waals surface area contributed by atoms with E-state index in [-0.39, 0.29) is 5.95 Å². The number of hydrogen-bond donors (Lipinski definition) is 5. The Balaban J connectivity index is 1.97. The van der Waals surface area contributed by atoms with Crippen LogP contribution >= 0.6 is 23.8 Å². The highest BCUT2D eigenvalue weighted by atomic mass is 35.5. The lowest BCUT2D eigenvalue weighted by atomic mass is 10.1. The quantitative estimate of drug-likeness (QED) is 0.335. The number of ether oxygens (including phenoxy) is 1. The Labute approximate surface area is 135 Å². The number of nitrogens with zero attached hydrogens (tertiary/aromatic N) is 3. The molecule has 5 atom stereocenters. The fraction of sp³-hybridized carbons (Fsp3) is 0.636. The van der Waals surface area contributed by atoms with Crippen molar-refractivity contribution in [3.05, 3.63) is 4.64 Å². The Morgan fingerprint density at radius 2 is 2.18 bits per heavy atom. The highest BCUT2D eigenvalue weighted by Gasteiger charge is 2.50. The number of aliphatic hydroxyl groups is 3. The molecule has 122 valence electrons. The van der Waals surface area contributed by atoms with Crippen LogP contribution in [0.1, 0.15) is 0 Å². The Bertz CT molecular complexity index is 643. The van der Waals surface area contributed by atoms with E-state index >= 15 is 0 Å². The molecule has 0 bridgehead atoms. The maximum atomic E-state index is 10.2. The summed E-state index contributed by atoms with van der Waals surface area (Å²) in [5, 5.41) is 29.6. The number of hydrogen-bond acceptors (Lipinski definition) is 9. The van der Waals surface area contributed by atoms with Crippen molar-refractivity contribution in [2.24, 2.45) is 0 Å². The van der Waals surface area contributed by atoms with Crippen LogP contribution in [0.4, 0.5) is 17.5 Å². The summed E-state index contributed by atoms with van der Waals surface area (Å²) >= 11 is 10.8. The van der Waals surface area contributed by atoms with Crippen LogP contribution in [0, 0.1) is 4.64 Å². The second-order valence-corrected chi connectivity index (χ2v) is 6.11. The molecule has 1 aromatic rings. The van der Waals surface area contributed by atoms with Crippen molar-refractivity contribution in [3.8, 4) is 0 Å². The van der Waals surface area contributed by atoms with E-state index in [1.165, 1.54) is 0 Å². The Morgan fingerprint density at radius 3 is 2.77 bits per heavy atom. The normalized spacial score (nSPS) is 32.4. The number of aliphatic hydroxyl groups excluding tert-OH is 3. The second-order valence-electron chi connectivity index (χ2n) is 5.28. The third-order valence-electron chi connectivity index (χ3n) is 3.78. The number of aromatic nitrogens is 2. The van der Waals surface area contributed by atoms with Crippen LogP contribution in [0.2, 0.25) is 0 Å². The Kier molecular flexibility index (Phi) is 3.91. The summed E-state index contributed by atoms with van der Waals surface area (Å²) in [6.45, 7) is 0.333. The number of nitrogens with two attached hydrogens (primary N) is 1. The SMILES string of the molecule is CN1CN([C@@H]2O[C@H](C(O)Cl)[C@@H](O)[C@H]2O)c2[nH]c(N)nc(=S)c21. The van der Waals surface area contributed by atoms with Gasteiger partial charge in [-0.25, -0.2) is 4.98 Å². The zero-order chi connectivity index (χ0) is 16.2. The van der Waals surface area contributed by atoms with Crippen molar-refractivity contribution in [2.45, 2.75) is 30.1 Å². The summed E-state index contributed by atoms with van der Waals surface area (Å²) in [6.07, 6.45) is -4.58. The van der Waals surface area contributed by atoms with Gasteiger partial charge in [0.05, 0.1) is 6.67 Å². The van der Waals surface area contributed by atoms with Gasteiger partial charge in [0.1, 0.15) is 29.8 Å². The van der Waals surface area contributed by atoms with Crippen LogP contribution in [-0.4, -0.2) is 69.1 Å². The van der Waals surface area contributed by atoms with Gasteiger partial charge in [-0.15, -0.1) is 0 Å². The molecule has 1 fully saturated rings. The molecule has 0 aliphatic carbocycles. The number of aromatic amines is 1. The van der Waals surface area contributed by atoms with Crippen molar-refractivity contribution < 1.29 is 20.1 Å². The van der Waals surface area contributed by atoms with Gasteiger partial charge in [0.2, 0.25) is 0 Å². The fourth-order valence-corrected chi connectivity index (χ4v) is 3.33. The van der Waals surface area contributed by atoms with Gasteiger partial charge >= 0.3 is 0 Å². The molecule has 6 N–H and O–H groups in total. The van der Waals surface area contributed by atoms with Crippen LogP contribution in [-0.2, 0) is 4.74 Å². The van der Waals surface area contributed by atoms with E-state index in [4.69, 9.17) is 34.3 Å². The van der Waals surface area contributed by atoms with Crippen molar-refractivity contribution in [1.82, 2.24) is 9.97 Å². The van der Waals surface area contributed by atoms with Gasteiger partial charge in [-0.2, -0.15) is 0 Å². The topological polar surface area (TPSA) is 131 Å². The largest absolute Gasteiger partial charge is 0.387 e. The molecule has 0 radical (unpaired) electrons. The minimum Gasteiger partial charge on any atom is -0.387 e. The average Bonchev–Trinajstić information content (AvgIpc) is 2.89. The van der Waals surface area contributed by atoms with Gasteiger partial charge in [0, 0.05) is 7.05 Å². The van der Waals surface area contributed by atoms with Crippen LogP contribution in [0.3, 0.4) is 0 Å². The first-order chi connectivity index (χ1) is 10.3. The zero-order valence-electron chi connectivity index (χ0n) is 11.5. The molecule has 22 heavy (non-hydrogen) atoms. The maximum absolute atomic E-state index is 10.2. The van der Waals surface area contributed by atoms with Crippen LogP contribution < -0.4 is 15.5 Å². The summed E-state index contributed by atoms with van der Waals surface area (Å²) in [7, 11) is 1.80. The summed E-state index contributed by atoms with van der Waals surface area (Å²) in [4.78, 5) is 10.3. The highest BCUT2D eigenvalue weighted by Crippen LogP contribution is 2.39. The lowest BCUT2D eigenvalue weighted by Gasteiger charge is -2.28. The van der Waals surface area contributed by atoms with Gasteiger partial charge in [-0.05, 0) is 0 Å². The monoisotopic (exact) mass is 349 g/mol. The number of alkyl halides is 1. The van der Waals surface area contributed by atoms with Gasteiger partial charge in [-0.1, -0.05) is 23.8 Å². The molecule has 9 nitrogen and oxygen atoms in total. The van der Waals surface area contributed by atoms with E-state index in [2.05, 4.69) is 9.97 Å². The molecule has 1 unspecified atom stereocenters. The number of anilines is 3. The number of halogens is 1. The molecule has 1 aromatic heterocycles. The second kappa shape index (κ2) is 5.48. The van der Waals surface area contributed by atoms with E-state index in [1.807, 2.05) is 4.90 Å². The summed E-state index contributed by atoms with van der Waals surface area (Å²) in [5.41, 5.74) is 4.89. The van der Waals surface area contributed by atoms with Gasteiger partial charge in [0.15, 0.2) is 22.4 Å². The molecule has 11 heteroatoms. The van der Waals surface area contributed by atoms with Gasteiger partial charge < -0.3 is 40.6 Å². The molecule has 2 aliphatic rings. The molecule has 1 saturated heterocycles. The van der Waals surface area contributed by atoms with Crippen LogP contribution in [0.15, 0.2) is 0 Å². The van der Waals surface area contributed by atoms with Gasteiger partial charge in [0.25, 0.3) is 0 Å². The predicted molar refractivity (Wildman–Crippen MR) is 82.1 cm³/mol. The zero-order valence-corrected chi connectivity index (χ0v) is 13.1. The minimum absolute atomic E-state index is 0.131. The Morgan fingerprint density at radius 1 is 1.50 bits per heavy atom. The van der Waals surface area contributed by atoms with E-state index in [0.29, 0.717) is 22.8 Å². The first-order valence-electron chi connectivity index (χ1n) is 6.52. The number of nitrogen functional groups attached to an aromatic ring is 1. The van der Waals surface area contributed by atoms with E-state index in [0.717, 1.165) is 0 Å². The smallest absolute Gasteiger partial charge is 0.200 e. The van der Waals surface area contributed by atoms with Crippen molar-refractivity contribution in [3.63, 3.8) is 0 Å². The fourth-order valence-electron chi connectivity index (χ4n) is 2.77. The molecule has 0 saturated carbocycles. The third kappa shape index (κ3) is 2.32. The number of rotatable bonds is 2. The van der Waals surface area contributed by atoms with Crippen molar-refractivity contribution in [1.29, 1.82) is 0 Å². The molecule has 0 amide bonds. The molecule has 3 rings (SSSR count). The maximum Gasteiger partial charge on any atom is 0.200 e. The molecular weight excluding hydrogens is 334 g/mol. The summed E-state index contributed by atoms with van der Waals surface area (Å²) in [6, 6.07) is 0. The minimum atomic E-state index is -1.43. The Hall–Kier alpha value is -1.17. The standard InChI is InChI=1S/C11H16ClN5O4S/c1-16-2-17(8-3(16)9(22)15-11(13)14-8)10-5(19)4(18)6(21-10)7(12)20/h4-7,10,18-20H,2H2,1H3,(H3,13,14,15,22)/t4-,5+,6-,7?,10+/m0/s1. The lowest BCUT2D eigenvalue weighted by Crippen LogP contribution is -2.45. The highest BCUT2D eigenvalue weighted by molar-refractivity contribution is 7.71. The molecule has 2 aliphatic heterocycles. The average molecular weight is 350 g/mol. The van der Waals surface area contributed by atoms with Crippen molar-refractivity contribution in [2.75, 3.05) is 29.2 Å². The van der Waals surface area contributed by atoms with Gasteiger partial charge in [-0.3, -0.25) is 0 Å². The molecule has 0 aromatic carbocycles. The number of nitrogens with one attached hydrogen (secondary N) is 1. The number of H-pyrrole nitrogens is 1. The van der Waals surface area contributed by atoms with E-state index in [1.54, 1.807) is 11.9 Å². The van der Waals surface area contributed by atoms with E-state index < -0.39 is 30.1 Å². The molecule has 0 spiro atoms. The first-order valence-corrected chi connectivity index (χ1v) is 7.37. The first kappa shape index (κ1) is 15.7. The van der Waals surface area contributed by atoms with Crippen molar-refractivity contribution >= 4 is 41.3 Å². The van der Waals surface area contributed by atoms with Crippen LogP contribution in [0.5, 0.6) is 0 Å². The predicted octanol–water partition coefficient (Wildman–Crippen LogP) is -1.06. The molecule has 3 heterocycles. The van der Waals surface area contributed by atoms with E-state index in [9.17, 15) is 15.3 Å². The lowest BCUT2D eigenvalue weighted by molar-refractivity contribution is -0.0367. The third-order valence-corrected chi connectivity index (χ3v) is 4.32. The summed E-state index contributed by atoms with van der Waals surface area (Å²) in [5.74, 6) is 0.659. The van der Waals surface area contributed by atoms with Crippen LogP contribution in [0.25, 0.3) is 0 Å². The molecular formula is C11H16ClN5O4S.